The lowest BCUT2D eigenvalue weighted by Crippen LogP contribution is -2.17. The molecule has 0 unspecified atom stereocenters. The summed E-state index contributed by atoms with van der Waals surface area (Å²) in [6.45, 7) is 3.96. The summed E-state index contributed by atoms with van der Waals surface area (Å²) in [6.07, 6.45) is 0. The SMILES string of the molecule is Cc1ccc(NC(=O)CSc2nnc(-c3ccc(Cl)cc3Cl)n2N)c(C)c1. The summed E-state index contributed by atoms with van der Waals surface area (Å²) >= 11 is 13.3. The average Bonchev–Trinajstić information content (AvgIpc) is 2.96. The van der Waals surface area contributed by atoms with Gasteiger partial charge in [-0.05, 0) is 43.7 Å². The number of aryl methyl sites for hydroxylation is 2. The number of rotatable bonds is 5. The molecule has 3 N–H and O–H groups in total. The standard InChI is InChI=1S/C18H17Cl2N5OS/c1-10-3-6-15(11(2)7-10)22-16(26)9-27-18-24-23-17(25(18)21)13-5-4-12(19)8-14(13)20/h3-8H,9,21H2,1-2H3,(H,22,26). The van der Waals surface area contributed by atoms with Gasteiger partial charge in [-0.1, -0.05) is 52.7 Å². The predicted molar refractivity (Wildman–Crippen MR) is 111 cm³/mol. The number of benzene rings is 2. The van der Waals surface area contributed by atoms with Gasteiger partial charge in [-0.25, -0.2) is 4.68 Å². The quantitative estimate of drug-likeness (QED) is 0.473. The topological polar surface area (TPSA) is 85.8 Å². The zero-order chi connectivity index (χ0) is 19.6. The van der Waals surface area contributed by atoms with Gasteiger partial charge in [0.25, 0.3) is 0 Å². The normalized spacial score (nSPS) is 10.8. The highest BCUT2D eigenvalue weighted by Gasteiger charge is 2.16. The zero-order valence-corrected chi connectivity index (χ0v) is 17.0. The Morgan fingerprint density at radius 2 is 1.96 bits per heavy atom. The van der Waals surface area contributed by atoms with Gasteiger partial charge in [0, 0.05) is 16.3 Å². The van der Waals surface area contributed by atoms with E-state index in [1.165, 1.54) is 16.4 Å². The van der Waals surface area contributed by atoms with E-state index < -0.39 is 0 Å². The highest BCUT2D eigenvalue weighted by molar-refractivity contribution is 7.99. The molecule has 9 heteroatoms. The van der Waals surface area contributed by atoms with Crippen LogP contribution >= 0.6 is 35.0 Å². The Kier molecular flexibility index (Phi) is 5.94. The van der Waals surface area contributed by atoms with Gasteiger partial charge in [-0.3, -0.25) is 4.79 Å². The van der Waals surface area contributed by atoms with Crippen molar-refractivity contribution in [1.82, 2.24) is 14.9 Å². The molecule has 27 heavy (non-hydrogen) atoms. The van der Waals surface area contributed by atoms with Crippen molar-refractivity contribution >= 4 is 46.6 Å². The van der Waals surface area contributed by atoms with E-state index in [-0.39, 0.29) is 11.7 Å². The van der Waals surface area contributed by atoms with E-state index in [0.717, 1.165) is 16.8 Å². The van der Waals surface area contributed by atoms with Crippen LogP contribution in [-0.4, -0.2) is 26.5 Å². The van der Waals surface area contributed by atoms with Crippen molar-refractivity contribution < 1.29 is 4.79 Å². The molecule has 0 radical (unpaired) electrons. The van der Waals surface area contributed by atoms with E-state index in [2.05, 4.69) is 15.5 Å². The molecule has 0 aliphatic heterocycles. The smallest absolute Gasteiger partial charge is 0.234 e. The maximum absolute atomic E-state index is 12.2. The van der Waals surface area contributed by atoms with Gasteiger partial charge in [0.05, 0.1) is 10.8 Å². The number of halogens is 2. The summed E-state index contributed by atoms with van der Waals surface area (Å²) in [5, 5.41) is 12.3. The number of nitrogens with two attached hydrogens (primary N) is 1. The molecule has 2 aromatic carbocycles. The maximum atomic E-state index is 12.2. The lowest BCUT2D eigenvalue weighted by Gasteiger charge is -2.09. The minimum atomic E-state index is -0.152. The number of nitrogens with zero attached hydrogens (tertiary/aromatic N) is 3. The third-order valence-electron chi connectivity index (χ3n) is 3.82. The fourth-order valence-corrected chi connectivity index (χ4v) is 3.65. The van der Waals surface area contributed by atoms with Gasteiger partial charge < -0.3 is 11.2 Å². The van der Waals surface area contributed by atoms with Gasteiger partial charge in [0.1, 0.15) is 0 Å². The van der Waals surface area contributed by atoms with Crippen LogP contribution < -0.4 is 11.2 Å². The first-order valence-electron chi connectivity index (χ1n) is 8.01. The molecular formula is C18H17Cl2N5OS. The van der Waals surface area contributed by atoms with Crippen LogP contribution in [0.25, 0.3) is 11.4 Å². The number of thioether (sulfide) groups is 1. The second-order valence-corrected chi connectivity index (χ2v) is 7.74. The summed E-state index contributed by atoms with van der Waals surface area (Å²) in [5.41, 5.74) is 3.55. The van der Waals surface area contributed by atoms with Crippen molar-refractivity contribution in [3.05, 3.63) is 57.6 Å². The largest absolute Gasteiger partial charge is 0.335 e. The zero-order valence-electron chi connectivity index (χ0n) is 14.7. The van der Waals surface area contributed by atoms with Crippen LogP contribution in [-0.2, 0) is 4.79 Å². The third kappa shape index (κ3) is 4.55. The monoisotopic (exact) mass is 421 g/mol. The minimum absolute atomic E-state index is 0.150. The molecular weight excluding hydrogens is 405 g/mol. The highest BCUT2D eigenvalue weighted by Crippen LogP contribution is 2.30. The Morgan fingerprint density at radius 1 is 1.19 bits per heavy atom. The number of anilines is 1. The summed E-state index contributed by atoms with van der Waals surface area (Å²) in [7, 11) is 0. The number of hydrogen-bond acceptors (Lipinski definition) is 5. The molecule has 0 saturated carbocycles. The van der Waals surface area contributed by atoms with Crippen molar-refractivity contribution in [2.24, 2.45) is 0 Å². The van der Waals surface area contributed by atoms with Crippen LogP contribution in [0.15, 0.2) is 41.6 Å². The molecule has 140 valence electrons. The Balaban J connectivity index is 1.68. The van der Waals surface area contributed by atoms with Crippen molar-refractivity contribution in [1.29, 1.82) is 0 Å². The van der Waals surface area contributed by atoms with Gasteiger partial charge in [0.2, 0.25) is 11.1 Å². The van der Waals surface area contributed by atoms with Crippen LogP contribution in [0.2, 0.25) is 10.0 Å². The van der Waals surface area contributed by atoms with Crippen molar-refractivity contribution in [2.45, 2.75) is 19.0 Å². The van der Waals surface area contributed by atoms with Gasteiger partial charge in [-0.2, -0.15) is 0 Å². The van der Waals surface area contributed by atoms with Crippen molar-refractivity contribution in [3.63, 3.8) is 0 Å². The minimum Gasteiger partial charge on any atom is -0.335 e. The van der Waals surface area contributed by atoms with Gasteiger partial charge >= 0.3 is 0 Å². The van der Waals surface area contributed by atoms with Gasteiger partial charge in [0.15, 0.2) is 5.82 Å². The van der Waals surface area contributed by atoms with Crippen molar-refractivity contribution in [3.8, 4) is 11.4 Å². The lowest BCUT2D eigenvalue weighted by molar-refractivity contribution is -0.113. The van der Waals surface area contributed by atoms with Crippen LogP contribution in [0, 0.1) is 13.8 Å². The third-order valence-corrected chi connectivity index (χ3v) is 5.32. The Bertz CT molecular complexity index is 1010. The number of nitrogen functional groups attached to an aromatic ring is 1. The molecule has 3 rings (SSSR count). The Morgan fingerprint density at radius 3 is 2.67 bits per heavy atom. The highest BCUT2D eigenvalue weighted by atomic mass is 35.5. The van der Waals surface area contributed by atoms with E-state index in [4.69, 9.17) is 29.0 Å². The molecule has 6 nitrogen and oxygen atoms in total. The molecule has 1 aromatic heterocycles. The molecule has 0 aliphatic carbocycles. The average molecular weight is 422 g/mol. The summed E-state index contributed by atoms with van der Waals surface area (Å²) in [4.78, 5) is 12.2. The first kappa shape index (κ1) is 19.5. The van der Waals surface area contributed by atoms with E-state index >= 15 is 0 Å². The predicted octanol–water partition coefficient (Wildman–Crippen LogP) is 4.31. The Hall–Kier alpha value is -2.22. The molecule has 0 saturated heterocycles. The van der Waals surface area contributed by atoms with E-state index in [9.17, 15) is 4.79 Å². The second-order valence-electron chi connectivity index (χ2n) is 5.96. The number of aromatic nitrogens is 3. The maximum Gasteiger partial charge on any atom is 0.234 e. The fourth-order valence-electron chi connectivity index (χ4n) is 2.50. The van der Waals surface area contributed by atoms with Crippen molar-refractivity contribution in [2.75, 3.05) is 16.9 Å². The van der Waals surface area contributed by atoms with Crippen LogP contribution in [0.1, 0.15) is 11.1 Å². The number of carbonyl (C=O) groups excluding carboxylic acids is 1. The molecule has 1 heterocycles. The number of hydrogen-bond donors (Lipinski definition) is 2. The Labute approximate surface area is 171 Å². The summed E-state index contributed by atoms with van der Waals surface area (Å²) < 4.78 is 1.31. The van der Waals surface area contributed by atoms with E-state index in [1.807, 2.05) is 32.0 Å². The number of nitrogens with one attached hydrogen (secondary N) is 1. The molecule has 0 fully saturated rings. The number of amides is 1. The molecule has 0 aliphatic rings. The molecule has 3 aromatic rings. The molecule has 0 atom stereocenters. The fraction of sp³-hybridized carbons (Fsp3) is 0.167. The molecule has 1 amide bonds. The number of carbonyl (C=O) groups is 1. The van der Waals surface area contributed by atoms with Gasteiger partial charge in [-0.15, -0.1) is 10.2 Å². The van der Waals surface area contributed by atoms with E-state index in [0.29, 0.717) is 26.6 Å². The summed E-state index contributed by atoms with van der Waals surface area (Å²) in [5.74, 6) is 6.46. The van der Waals surface area contributed by atoms with Crippen LogP contribution in [0.4, 0.5) is 5.69 Å². The van der Waals surface area contributed by atoms with E-state index in [1.54, 1.807) is 18.2 Å². The molecule has 0 bridgehead atoms. The molecule has 0 spiro atoms. The van der Waals surface area contributed by atoms with Crippen LogP contribution in [0.5, 0.6) is 0 Å². The first-order valence-corrected chi connectivity index (χ1v) is 9.75. The summed E-state index contributed by atoms with van der Waals surface area (Å²) in [6, 6.07) is 10.9. The lowest BCUT2D eigenvalue weighted by atomic mass is 10.1. The second kappa shape index (κ2) is 8.21. The first-order chi connectivity index (χ1) is 12.8. The van der Waals surface area contributed by atoms with Crippen LogP contribution in [0.3, 0.4) is 0 Å².